The third-order valence-corrected chi connectivity index (χ3v) is 6.24. The number of fused-ring (bicyclic) bond motifs is 1. The normalized spacial score (nSPS) is 15.6. The first-order valence-electron chi connectivity index (χ1n) is 8.95. The standard InChI is InChI=1S/C21H20ClNO2S/c1-13(19(24)11-14-3-2-4-14)15-5-8-17(9-6-15)25-21-23-18-10-7-16(22)12-20(18)26-21/h5-10,12-14H,2-4,11H2,1H3. The number of halogens is 1. The number of carbonyl (C=O) groups is 1. The minimum Gasteiger partial charge on any atom is -0.431 e. The van der Waals surface area contributed by atoms with Crippen molar-refractivity contribution in [3.8, 4) is 10.9 Å². The second-order valence-electron chi connectivity index (χ2n) is 6.95. The van der Waals surface area contributed by atoms with Crippen LogP contribution in [0.1, 0.15) is 44.1 Å². The van der Waals surface area contributed by atoms with Crippen LogP contribution in [0.2, 0.25) is 5.02 Å². The number of Topliss-reactive ketones (excluding diaryl/α,β-unsaturated/α-hetero) is 1. The van der Waals surface area contributed by atoms with Crippen LogP contribution in [-0.4, -0.2) is 10.8 Å². The molecule has 0 spiro atoms. The van der Waals surface area contributed by atoms with E-state index in [1.165, 1.54) is 30.6 Å². The maximum absolute atomic E-state index is 12.4. The van der Waals surface area contributed by atoms with E-state index in [9.17, 15) is 4.79 Å². The molecule has 26 heavy (non-hydrogen) atoms. The molecule has 1 aliphatic rings. The Labute approximate surface area is 162 Å². The molecule has 0 N–H and O–H groups in total. The lowest BCUT2D eigenvalue weighted by molar-refractivity contribution is -0.121. The average molecular weight is 386 g/mol. The maximum atomic E-state index is 12.4. The molecule has 3 nitrogen and oxygen atoms in total. The van der Waals surface area contributed by atoms with Gasteiger partial charge in [-0.15, -0.1) is 0 Å². The SMILES string of the molecule is CC(C(=O)CC1CCC1)c1ccc(Oc2nc3ccc(Cl)cc3s2)cc1. The molecule has 4 rings (SSSR count). The fourth-order valence-electron chi connectivity index (χ4n) is 3.19. The largest absolute Gasteiger partial charge is 0.431 e. The van der Waals surface area contributed by atoms with E-state index in [1.807, 2.05) is 49.4 Å². The molecule has 1 aromatic heterocycles. The minimum absolute atomic E-state index is 0.0609. The molecule has 0 saturated heterocycles. The lowest BCUT2D eigenvalue weighted by atomic mass is 9.79. The molecule has 1 fully saturated rings. The van der Waals surface area contributed by atoms with Gasteiger partial charge in [0.05, 0.1) is 10.2 Å². The first kappa shape index (κ1) is 17.5. The molecule has 0 radical (unpaired) electrons. The number of benzene rings is 2. The fraction of sp³-hybridized carbons (Fsp3) is 0.333. The predicted molar refractivity (Wildman–Crippen MR) is 107 cm³/mol. The summed E-state index contributed by atoms with van der Waals surface area (Å²) in [5.74, 6) is 1.61. The van der Waals surface area contributed by atoms with Crippen LogP contribution in [0.3, 0.4) is 0 Å². The number of nitrogens with zero attached hydrogens (tertiary/aromatic N) is 1. The molecule has 1 heterocycles. The Balaban J connectivity index is 1.43. The number of ketones is 1. The van der Waals surface area contributed by atoms with Crippen LogP contribution in [0.5, 0.6) is 10.9 Å². The summed E-state index contributed by atoms with van der Waals surface area (Å²) >= 11 is 7.48. The van der Waals surface area contributed by atoms with Crippen molar-refractivity contribution in [2.24, 2.45) is 5.92 Å². The lowest BCUT2D eigenvalue weighted by Crippen LogP contribution is -2.19. The average Bonchev–Trinajstić information content (AvgIpc) is 2.99. The number of carbonyl (C=O) groups excluding carboxylic acids is 1. The van der Waals surface area contributed by atoms with Gasteiger partial charge in [0.15, 0.2) is 0 Å². The third kappa shape index (κ3) is 3.76. The van der Waals surface area contributed by atoms with Crippen LogP contribution >= 0.6 is 22.9 Å². The molecule has 0 amide bonds. The highest BCUT2D eigenvalue weighted by molar-refractivity contribution is 7.20. The summed E-state index contributed by atoms with van der Waals surface area (Å²) in [6.45, 7) is 1.99. The Morgan fingerprint density at radius 1 is 1.27 bits per heavy atom. The van der Waals surface area contributed by atoms with Crippen LogP contribution < -0.4 is 4.74 Å². The second kappa shape index (κ2) is 7.37. The lowest BCUT2D eigenvalue weighted by Gasteiger charge is -2.25. The van der Waals surface area contributed by atoms with E-state index in [2.05, 4.69) is 4.98 Å². The topological polar surface area (TPSA) is 39.2 Å². The molecule has 134 valence electrons. The molecule has 1 saturated carbocycles. The summed E-state index contributed by atoms with van der Waals surface area (Å²) < 4.78 is 6.87. The highest BCUT2D eigenvalue weighted by Gasteiger charge is 2.24. The summed E-state index contributed by atoms with van der Waals surface area (Å²) in [6.07, 6.45) is 4.40. The third-order valence-electron chi connectivity index (χ3n) is 5.11. The zero-order valence-electron chi connectivity index (χ0n) is 14.6. The Bertz CT molecular complexity index is 931. The number of aromatic nitrogens is 1. The summed E-state index contributed by atoms with van der Waals surface area (Å²) in [6, 6.07) is 13.4. The Hall–Kier alpha value is -1.91. The van der Waals surface area contributed by atoms with Gasteiger partial charge in [0.1, 0.15) is 11.5 Å². The Morgan fingerprint density at radius 3 is 2.73 bits per heavy atom. The molecular formula is C21H20ClNO2S. The Morgan fingerprint density at radius 2 is 2.04 bits per heavy atom. The maximum Gasteiger partial charge on any atom is 0.279 e. The fourth-order valence-corrected chi connectivity index (χ4v) is 4.30. The van der Waals surface area contributed by atoms with Gasteiger partial charge in [-0.1, -0.05) is 61.3 Å². The van der Waals surface area contributed by atoms with Crippen molar-refractivity contribution in [3.63, 3.8) is 0 Å². The molecule has 1 aliphatic carbocycles. The van der Waals surface area contributed by atoms with Gasteiger partial charge in [0.25, 0.3) is 5.19 Å². The van der Waals surface area contributed by atoms with E-state index in [0.29, 0.717) is 28.3 Å². The van der Waals surface area contributed by atoms with Crippen LogP contribution in [0.4, 0.5) is 0 Å². The molecule has 0 aliphatic heterocycles. The van der Waals surface area contributed by atoms with Crippen molar-refractivity contribution in [1.29, 1.82) is 0 Å². The second-order valence-corrected chi connectivity index (χ2v) is 8.38. The van der Waals surface area contributed by atoms with Crippen LogP contribution in [0, 0.1) is 5.92 Å². The quantitative estimate of drug-likeness (QED) is 0.479. The van der Waals surface area contributed by atoms with E-state index in [4.69, 9.17) is 16.3 Å². The molecule has 3 aromatic rings. The van der Waals surface area contributed by atoms with Gasteiger partial charge in [0, 0.05) is 17.4 Å². The van der Waals surface area contributed by atoms with Gasteiger partial charge in [0.2, 0.25) is 0 Å². The number of hydrogen-bond donors (Lipinski definition) is 0. The van der Waals surface area contributed by atoms with E-state index in [0.717, 1.165) is 21.5 Å². The van der Waals surface area contributed by atoms with E-state index < -0.39 is 0 Å². The van der Waals surface area contributed by atoms with Crippen molar-refractivity contribution in [3.05, 3.63) is 53.1 Å². The first-order chi connectivity index (χ1) is 12.6. The smallest absolute Gasteiger partial charge is 0.279 e. The summed E-state index contributed by atoms with van der Waals surface area (Å²) in [4.78, 5) is 16.9. The van der Waals surface area contributed by atoms with Gasteiger partial charge in [-0.25, -0.2) is 4.98 Å². The molecule has 0 bridgehead atoms. The van der Waals surface area contributed by atoms with E-state index in [-0.39, 0.29) is 5.92 Å². The number of rotatable bonds is 6. The Kier molecular flexibility index (Phi) is 4.96. The zero-order valence-corrected chi connectivity index (χ0v) is 16.1. The number of hydrogen-bond acceptors (Lipinski definition) is 4. The summed E-state index contributed by atoms with van der Waals surface area (Å²) in [5.41, 5.74) is 1.92. The van der Waals surface area contributed by atoms with E-state index in [1.54, 1.807) is 0 Å². The molecule has 5 heteroatoms. The monoisotopic (exact) mass is 385 g/mol. The van der Waals surface area contributed by atoms with Crippen molar-refractivity contribution in [2.75, 3.05) is 0 Å². The van der Waals surface area contributed by atoms with Crippen molar-refractivity contribution >= 4 is 38.9 Å². The van der Waals surface area contributed by atoms with Gasteiger partial charge < -0.3 is 4.74 Å². The highest BCUT2D eigenvalue weighted by atomic mass is 35.5. The van der Waals surface area contributed by atoms with Crippen molar-refractivity contribution < 1.29 is 9.53 Å². The van der Waals surface area contributed by atoms with E-state index >= 15 is 0 Å². The molecule has 2 aromatic carbocycles. The summed E-state index contributed by atoms with van der Waals surface area (Å²) in [7, 11) is 0. The molecule has 1 atom stereocenters. The van der Waals surface area contributed by atoms with Crippen LogP contribution in [0.25, 0.3) is 10.2 Å². The zero-order chi connectivity index (χ0) is 18.1. The van der Waals surface area contributed by atoms with Crippen LogP contribution in [-0.2, 0) is 4.79 Å². The van der Waals surface area contributed by atoms with Gasteiger partial charge in [-0.2, -0.15) is 0 Å². The molecular weight excluding hydrogens is 366 g/mol. The number of ether oxygens (including phenoxy) is 1. The van der Waals surface area contributed by atoms with Crippen molar-refractivity contribution in [1.82, 2.24) is 4.98 Å². The predicted octanol–water partition coefficient (Wildman–Crippen LogP) is 6.60. The van der Waals surface area contributed by atoms with Crippen molar-refractivity contribution in [2.45, 2.75) is 38.5 Å². The van der Waals surface area contributed by atoms with Gasteiger partial charge in [-0.05, 0) is 41.8 Å². The minimum atomic E-state index is -0.0609. The van der Waals surface area contributed by atoms with Gasteiger partial charge in [-0.3, -0.25) is 4.79 Å². The number of thiazole rings is 1. The van der Waals surface area contributed by atoms with Crippen LogP contribution in [0.15, 0.2) is 42.5 Å². The highest BCUT2D eigenvalue weighted by Crippen LogP contribution is 2.34. The van der Waals surface area contributed by atoms with Gasteiger partial charge >= 0.3 is 0 Å². The molecule has 1 unspecified atom stereocenters. The summed E-state index contributed by atoms with van der Waals surface area (Å²) in [5, 5.41) is 1.28. The first-order valence-corrected chi connectivity index (χ1v) is 10.1.